The maximum atomic E-state index is 9.39. The molecule has 0 heterocycles. The van der Waals surface area contributed by atoms with Crippen molar-refractivity contribution in [2.75, 3.05) is 0 Å². The minimum Gasteiger partial charge on any atom is -0.550 e. The van der Waals surface area contributed by atoms with Crippen LogP contribution in [0.4, 0.5) is 0 Å². The number of carbonyl (C=O) groups excluding carboxylic acids is 1. The van der Waals surface area contributed by atoms with Gasteiger partial charge in [-0.3, -0.25) is 10.6 Å². The van der Waals surface area contributed by atoms with E-state index in [1.165, 1.54) is 0 Å². The molecule has 6 nitrogen and oxygen atoms in total. The van der Waals surface area contributed by atoms with Crippen LogP contribution >= 0.6 is 0 Å². The predicted octanol–water partition coefficient (Wildman–Crippen LogP) is -3.69. The van der Waals surface area contributed by atoms with Gasteiger partial charge in [0.25, 0.3) is 0 Å². The third-order valence-electron chi connectivity index (χ3n) is 0.296. The molecule has 0 bridgehead atoms. The normalized spacial score (nSPS) is 6.20. The second-order valence-corrected chi connectivity index (χ2v) is 0.943. The Labute approximate surface area is 67.1 Å². The monoisotopic (exact) mass is 194 g/mol. The molecule has 0 radical (unpaired) electrons. The third kappa shape index (κ3) is 26.4. The minimum absolute atomic E-state index is 0. The van der Waals surface area contributed by atoms with Crippen molar-refractivity contribution < 1.29 is 42.1 Å². The maximum absolute atomic E-state index is 9.39. The van der Waals surface area contributed by atoms with E-state index in [9.17, 15) is 14.7 Å². The van der Waals surface area contributed by atoms with E-state index in [2.05, 4.69) is 11.7 Å². The Balaban J connectivity index is -0.000000149. The number of aliphatic carboxylic acids is 2. The zero-order valence-corrected chi connectivity index (χ0v) is 5.97. The van der Waals surface area contributed by atoms with Crippen LogP contribution in [0.5, 0.6) is 0 Å². The average molecular weight is 195 g/mol. The van der Waals surface area contributed by atoms with Crippen LogP contribution in [0.25, 0.3) is 0 Å². The van der Waals surface area contributed by atoms with Crippen LogP contribution in [0.3, 0.4) is 0 Å². The zero-order chi connectivity index (χ0) is 7.86. The number of quaternary nitrogens is 1. The molecule has 0 aliphatic rings. The van der Waals surface area contributed by atoms with E-state index in [4.69, 9.17) is 5.11 Å². The molecule has 0 rings (SSSR count). The van der Waals surface area contributed by atoms with E-state index in [1.807, 2.05) is 0 Å². The summed E-state index contributed by atoms with van der Waals surface area (Å²) < 4.78 is 0. The van der Waals surface area contributed by atoms with Gasteiger partial charge in [0.2, 0.25) is 0 Å². The SMILES string of the molecule is N[NH3+].O=C([O-])CC(=O)O.[Ni]. The first-order valence-electron chi connectivity index (χ1n) is 1.95. The number of carboxylic acids is 2. The Morgan fingerprint density at radius 2 is 1.80 bits per heavy atom. The Morgan fingerprint density at radius 3 is 1.80 bits per heavy atom. The Morgan fingerprint density at radius 1 is 1.50 bits per heavy atom. The first-order chi connectivity index (χ1) is 4.13. The van der Waals surface area contributed by atoms with E-state index in [0.29, 0.717) is 0 Å². The summed E-state index contributed by atoms with van der Waals surface area (Å²) in [6, 6.07) is 0. The molecule has 0 amide bonds. The van der Waals surface area contributed by atoms with Gasteiger partial charge in [0.1, 0.15) is 0 Å². The summed E-state index contributed by atoms with van der Waals surface area (Å²) in [6.45, 7) is 0. The number of nitrogens with two attached hydrogens (primary N) is 1. The molecule has 0 aromatic carbocycles. The summed E-state index contributed by atoms with van der Waals surface area (Å²) in [5.41, 5.74) is 0. The predicted molar refractivity (Wildman–Crippen MR) is 24.3 cm³/mol. The molecule has 0 aliphatic heterocycles. The van der Waals surface area contributed by atoms with Gasteiger partial charge in [-0.05, 0) is 0 Å². The van der Waals surface area contributed by atoms with E-state index in [-0.39, 0.29) is 16.5 Å². The van der Waals surface area contributed by atoms with E-state index in [0.717, 1.165) is 0 Å². The number of hydrogen-bond donors (Lipinski definition) is 3. The Kier molecular flexibility index (Phi) is 18.1. The first-order valence-corrected chi connectivity index (χ1v) is 1.95. The van der Waals surface area contributed by atoms with Crippen molar-refractivity contribution in [2.24, 2.45) is 5.84 Å². The summed E-state index contributed by atoms with van der Waals surface area (Å²) in [5, 5.41) is 17.0. The molecule has 6 N–H and O–H groups in total. The summed E-state index contributed by atoms with van der Waals surface area (Å²) in [7, 11) is 0. The van der Waals surface area contributed by atoms with E-state index in [1.54, 1.807) is 0 Å². The molecule has 7 heteroatoms. The van der Waals surface area contributed by atoms with Crippen molar-refractivity contribution in [3.8, 4) is 0 Å². The van der Waals surface area contributed by atoms with Gasteiger partial charge in [-0.2, -0.15) is 5.84 Å². The van der Waals surface area contributed by atoms with Gasteiger partial charge in [0, 0.05) is 16.5 Å². The van der Waals surface area contributed by atoms with Gasteiger partial charge >= 0.3 is 5.97 Å². The van der Waals surface area contributed by atoms with Crippen LogP contribution in [0.1, 0.15) is 6.42 Å². The first kappa shape index (κ1) is 16.2. The fourth-order valence-corrected chi connectivity index (χ4v) is 0.123. The quantitative estimate of drug-likeness (QED) is 0.180. The van der Waals surface area contributed by atoms with Crippen LogP contribution in [-0.2, 0) is 26.1 Å². The average Bonchev–Trinajstić information content (AvgIpc) is 1.68. The second kappa shape index (κ2) is 11.2. The minimum atomic E-state index is -1.56. The summed E-state index contributed by atoms with van der Waals surface area (Å²) in [5.74, 6) is 4.06. The Bertz CT molecular complexity index is 94.7. The molecule has 0 saturated carbocycles. The zero-order valence-electron chi connectivity index (χ0n) is 4.98. The molecule has 10 heavy (non-hydrogen) atoms. The van der Waals surface area contributed by atoms with Crippen molar-refractivity contribution in [3.63, 3.8) is 0 Å². The van der Waals surface area contributed by atoms with Gasteiger partial charge < -0.3 is 15.0 Å². The maximum Gasteiger partial charge on any atom is 0.309 e. The molecule has 0 spiro atoms. The Hall–Kier alpha value is -0.646. The molecule has 0 unspecified atom stereocenters. The third-order valence-corrected chi connectivity index (χ3v) is 0.296. The second-order valence-electron chi connectivity index (χ2n) is 0.943. The molecule has 0 saturated heterocycles. The van der Waals surface area contributed by atoms with Crippen molar-refractivity contribution in [2.45, 2.75) is 6.42 Å². The molecule has 0 atom stereocenters. The van der Waals surface area contributed by atoms with E-state index < -0.39 is 18.4 Å². The van der Waals surface area contributed by atoms with Crippen LogP contribution in [0, 0.1) is 0 Å². The van der Waals surface area contributed by atoms with E-state index >= 15 is 0 Å². The van der Waals surface area contributed by atoms with Crippen molar-refractivity contribution in [1.82, 2.24) is 0 Å². The van der Waals surface area contributed by atoms with Crippen molar-refractivity contribution >= 4 is 11.9 Å². The molecule has 0 aromatic heterocycles. The van der Waals surface area contributed by atoms with Crippen LogP contribution < -0.4 is 16.8 Å². The fourth-order valence-electron chi connectivity index (χ4n) is 0.123. The van der Waals surface area contributed by atoms with Crippen LogP contribution in [-0.4, -0.2) is 17.0 Å². The van der Waals surface area contributed by atoms with Gasteiger partial charge in [0.15, 0.2) is 0 Å². The number of hydrogen-bond acceptors (Lipinski definition) is 4. The molecule has 0 aliphatic carbocycles. The summed E-state index contributed by atoms with van der Waals surface area (Å²) in [4.78, 5) is 18.7. The van der Waals surface area contributed by atoms with Gasteiger partial charge in [-0.25, -0.2) is 0 Å². The summed E-state index contributed by atoms with van der Waals surface area (Å²) >= 11 is 0. The summed E-state index contributed by atoms with van der Waals surface area (Å²) in [6.07, 6.45) is -0.917. The topological polar surface area (TPSA) is 131 Å². The van der Waals surface area contributed by atoms with Gasteiger partial charge in [-0.15, -0.1) is 0 Å². The van der Waals surface area contributed by atoms with Crippen LogP contribution in [0.2, 0.25) is 0 Å². The van der Waals surface area contributed by atoms with Crippen molar-refractivity contribution in [3.05, 3.63) is 0 Å². The van der Waals surface area contributed by atoms with Crippen molar-refractivity contribution in [1.29, 1.82) is 0 Å². The number of rotatable bonds is 2. The molecule has 0 fully saturated rings. The number of carbonyl (C=O) groups is 2. The van der Waals surface area contributed by atoms with Gasteiger partial charge in [-0.1, -0.05) is 0 Å². The standard InChI is InChI=1S/C3H4O4.H4N2.Ni/c4-2(5)1-3(6)7;1-2;/h1H2,(H,4,5)(H,6,7);1-2H2;. The number of carboxylic acid groups (broad SMARTS) is 2. The smallest absolute Gasteiger partial charge is 0.309 e. The molecular weight excluding hydrogens is 187 g/mol. The van der Waals surface area contributed by atoms with Gasteiger partial charge in [0.05, 0.1) is 12.4 Å². The molecule has 0 aromatic rings. The molecular formula is C3H8N2NiO4. The fraction of sp³-hybridized carbons (Fsp3) is 0.333. The molecule has 64 valence electrons. The largest absolute Gasteiger partial charge is 0.550 e. The van der Waals surface area contributed by atoms with Crippen LogP contribution in [0.15, 0.2) is 0 Å².